The second kappa shape index (κ2) is 7.02. The van der Waals surface area contributed by atoms with Gasteiger partial charge in [0.25, 0.3) is 0 Å². The maximum Gasteiger partial charge on any atom is 0.374 e. The van der Waals surface area contributed by atoms with Crippen LogP contribution in [0.3, 0.4) is 0 Å². The molecule has 3 aromatic heterocycles. The van der Waals surface area contributed by atoms with E-state index in [1.54, 1.807) is 18.6 Å². The average Bonchev–Trinajstić information content (AvgIpc) is 3.28. The van der Waals surface area contributed by atoms with Crippen LogP contribution < -0.4 is 0 Å². The molecule has 0 spiro atoms. The highest BCUT2D eigenvalue weighted by atomic mass is 16.5. The van der Waals surface area contributed by atoms with E-state index >= 15 is 0 Å². The van der Waals surface area contributed by atoms with E-state index in [1.165, 1.54) is 13.4 Å². The number of hydrogen-bond donors (Lipinski definition) is 0. The van der Waals surface area contributed by atoms with Crippen molar-refractivity contribution in [2.45, 2.75) is 19.6 Å². The lowest BCUT2D eigenvalue weighted by Crippen LogP contribution is -2.22. The normalized spacial score (nSPS) is 11.0. The summed E-state index contributed by atoms with van der Waals surface area (Å²) >= 11 is 0. The van der Waals surface area contributed by atoms with E-state index in [0.29, 0.717) is 19.6 Å². The summed E-state index contributed by atoms with van der Waals surface area (Å²) in [6, 6.07) is 9.28. The van der Waals surface area contributed by atoms with Crippen LogP contribution in [-0.2, 0) is 24.4 Å². The van der Waals surface area contributed by atoms with E-state index in [1.807, 2.05) is 24.3 Å². The molecule has 0 saturated carbocycles. The van der Waals surface area contributed by atoms with Crippen molar-refractivity contribution in [1.29, 1.82) is 0 Å². The zero-order chi connectivity index (χ0) is 16.1. The molecule has 0 bridgehead atoms. The molecule has 3 heterocycles. The van der Waals surface area contributed by atoms with Crippen molar-refractivity contribution in [2.24, 2.45) is 0 Å². The van der Waals surface area contributed by atoms with E-state index in [9.17, 15) is 4.79 Å². The Labute approximate surface area is 133 Å². The van der Waals surface area contributed by atoms with Gasteiger partial charge in [0.05, 0.1) is 39.0 Å². The molecule has 23 heavy (non-hydrogen) atoms. The van der Waals surface area contributed by atoms with Crippen LogP contribution in [0.5, 0.6) is 0 Å². The number of nitrogens with zero attached hydrogens (tertiary/aromatic N) is 1. The third-order valence-corrected chi connectivity index (χ3v) is 3.43. The fourth-order valence-corrected chi connectivity index (χ4v) is 2.39. The van der Waals surface area contributed by atoms with Crippen molar-refractivity contribution in [2.75, 3.05) is 7.11 Å². The summed E-state index contributed by atoms with van der Waals surface area (Å²) in [6.07, 6.45) is 4.76. The maximum absolute atomic E-state index is 11.7. The summed E-state index contributed by atoms with van der Waals surface area (Å²) < 4.78 is 20.8. The Morgan fingerprint density at radius 1 is 0.957 bits per heavy atom. The first-order valence-corrected chi connectivity index (χ1v) is 7.18. The molecule has 0 fully saturated rings. The summed E-state index contributed by atoms with van der Waals surface area (Å²) in [5.74, 6) is 1.40. The molecule has 0 atom stereocenters. The number of rotatable bonds is 7. The number of ether oxygens (including phenoxy) is 1. The molecule has 6 nitrogen and oxygen atoms in total. The Balaban J connectivity index is 1.78. The van der Waals surface area contributed by atoms with E-state index in [4.69, 9.17) is 18.0 Å². The number of furan rings is 3. The van der Waals surface area contributed by atoms with Crippen LogP contribution in [-0.4, -0.2) is 18.0 Å². The first-order chi connectivity index (χ1) is 11.3. The molecule has 0 aliphatic carbocycles. The highest BCUT2D eigenvalue weighted by Crippen LogP contribution is 2.19. The van der Waals surface area contributed by atoms with Crippen molar-refractivity contribution in [3.63, 3.8) is 0 Å². The summed E-state index contributed by atoms with van der Waals surface area (Å²) in [4.78, 5) is 13.8. The molecule has 3 aromatic rings. The van der Waals surface area contributed by atoms with Gasteiger partial charge in [0.1, 0.15) is 11.5 Å². The smallest absolute Gasteiger partial charge is 0.374 e. The van der Waals surface area contributed by atoms with Crippen LogP contribution in [0.2, 0.25) is 0 Å². The zero-order valence-electron chi connectivity index (χ0n) is 12.7. The van der Waals surface area contributed by atoms with Crippen LogP contribution in [0.4, 0.5) is 0 Å². The average molecular weight is 315 g/mol. The van der Waals surface area contributed by atoms with Gasteiger partial charge in [-0.05, 0) is 30.3 Å². The van der Waals surface area contributed by atoms with Gasteiger partial charge in [0.2, 0.25) is 5.76 Å². The Morgan fingerprint density at radius 3 is 2.13 bits per heavy atom. The number of methoxy groups -OCH3 is 1. The van der Waals surface area contributed by atoms with E-state index < -0.39 is 5.97 Å². The first-order valence-electron chi connectivity index (χ1n) is 7.18. The van der Waals surface area contributed by atoms with Gasteiger partial charge in [-0.15, -0.1) is 0 Å². The van der Waals surface area contributed by atoms with Crippen LogP contribution in [0.1, 0.15) is 27.6 Å². The SMILES string of the molecule is COC(=O)c1occc1CN(Cc1ccco1)Cc1ccco1. The third kappa shape index (κ3) is 3.73. The van der Waals surface area contributed by atoms with Gasteiger partial charge >= 0.3 is 5.97 Å². The second-order valence-corrected chi connectivity index (χ2v) is 5.07. The standard InChI is InChI=1S/C17H17NO5/c1-20-17(19)16-13(6-9-23-16)10-18(11-14-4-2-7-21-14)12-15-5-3-8-22-15/h2-9H,10-12H2,1H3. The fraction of sp³-hybridized carbons (Fsp3) is 0.235. The Kier molecular flexibility index (Phi) is 4.63. The molecule has 0 aromatic carbocycles. The molecule has 3 rings (SSSR count). The molecule has 0 saturated heterocycles. The van der Waals surface area contributed by atoms with Crippen LogP contribution in [0.15, 0.2) is 62.4 Å². The predicted molar refractivity (Wildman–Crippen MR) is 80.4 cm³/mol. The fourth-order valence-electron chi connectivity index (χ4n) is 2.39. The minimum atomic E-state index is -0.485. The van der Waals surface area contributed by atoms with Crippen LogP contribution in [0.25, 0.3) is 0 Å². The van der Waals surface area contributed by atoms with E-state index in [2.05, 4.69) is 4.90 Å². The molecule has 0 unspecified atom stereocenters. The topological polar surface area (TPSA) is 69.0 Å². The zero-order valence-corrected chi connectivity index (χ0v) is 12.7. The van der Waals surface area contributed by atoms with E-state index in [-0.39, 0.29) is 5.76 Å². The molecule has 0 N–H and O–H groups in total. The van der Waals surface area contributed by atoms with Gasteiger partial charge in [0.15, 0.2) is 0 Å². The lowest BCUT2D eigenvalue weighted by Gasteiger charge is -2.19. The van der Waals surface area contributed by atoms with Crippen molar-refractivity contribution >= 4 is 5.97 Å². The van der Waals surface area contributed by atoms with Gasteiger partial charge in [-0.2, -0.15) is 0 Å². The van der Waals surface area contributed by atoms with Gasteiger partial charge < -0.3 is 18.0 Å². The maximum atomic E-state index is 11.7. The molecule has 0 radical (unpaired) electrons. The van der Waals surface area contributed by atoms with E-state index in [0.717, 1.165) is 17.1 Å². The molecule has 0 amide bonds. The van der Waals surface area contributed by atoms with Gasteiger partial charge in [0, 0.05) is 12.1 Å². The number of hydrogen-bond acceptors (Lipinski definition) is 6. The number of esters is 1. The minimum absolute atomic E-state index is 0.219. The Hall–Kier alpha value is -2.73. The van der Waals surface area contributed by atoms with Crippen LogP contribution in [0, 0.1) is 0 Å². The Bertz CT molecular complexity index is 691. The largest absolute Gasteiger partial charge is 0.468 e. The lowest BCUT2D eigenvalue weighted by atomic mass is 10.2. The monoisotopic (exact) mass is 315 g/mol. The summed E-state index contributed by atoms with van der Waals surface area (Å²) in [7, 11) is 1.33. The first kappa shape index (κ1) is 15.2. The van der Waals surface area contributed by atoms with Gasteiger partial charge in [-0.25, -0.2) is 4.79 Å². The Morgan fingerprint density at radius 2 is 1.61 bits per heavy atom. The van der Waals surface area contributed by atoms with Gasteiger partial charge in [-0.1, -0.05) is 0 Å². The molecule has 120 valence electrons. The van der Waals surface area contributed by atoms with Crippen molar-refractivity contribution in [3.05, 3.63) is 72.0 Å². The van der Waals surface area contributed by atoms with Gasteiger partial charge in [-0.3, -0.25) is 4.90 Å². The summed E-state index contributed by atoms with van der Waals surface area (Å²) in [5.41, 5.74) is 0.759. The highest BCUT2D eigenvalue weighted by Gasteiger charge is 2.19. The highest BCUT2D eigenvalue weighted by molar-refractivity contribution is 5.87. The lowest BCUT2D eigenvalue weighted by molar-refractivity contribution is 0.0561. The summed E-state index contributed by atoms with van der Waals surface area (Å²) in [5, 5.41) is 0. The van der Waals surface area contributed by atoms with Crippen molar-refractivity contribution in [1.82, 2.24) is 4.90 Å². The second-order valence-electron chi connectivity index (χ2n) is 5.07. The molecular weight excluding hydrogens is 298 g/mol. The van der Waals surface area contributed by atoms with Crippen molar-refractivity contribution in [3.8, 4) is 0 Å². The third-order valence-electron chi connectivity index (χ3n) is 3.43. The molecule has 0 aliphatic heterocycles. The predicted octanol–water partition coefficient (Wildman–Crippen LogP) is 3.45. The minimum Gasteiger partial charge on any atom is -0.468 e. The molecular formula is C17H17NO5. The molecule has 0 aliphatic rings. The quantitative estimate of drug-likeness (QED) is 0.622. The van der Waals surface area contributed by atoms with Crippen molar-refractivity contribution < 1.29 is 22.8 Å². The molecule has 6 heteroatoms. The van der Waals surface area contributed by atoms with Crippen LogP contribution >= 0.6 is 0 Å². The number of carbonyl (C=O) groups excluding carboxylic acids is 1. The summed E-state index contributed by atoms with van der Waals surface area (Å²) in [6.45, 7) is 1.67. The number of carbonyl (C=O) groups is 1.